The van der Waals surface area contributed by atoms with Crippen LogP contribution >= 0.6 is 0 Å². The number of rotatable bonds is 5. The van der Waals surface area contributed by atoms with Crippen LogP contribution < -0.4 is 4.74 Å². The highest BCUT2D eigenvalue weighted by Crippen LogP contribution is 2.34. The molecule has 1 aliphatic heterocycles. The van der Waals surface area contributed by atoms with E-state index in [1.807, 2.05) is 6.92 Å². The molecular weight excluding hydrogens is 466 g/mol. The first-order valence-electron chi connectivity index (χ1n) is 11.8. The van der Waals surface area contributed by atoms with Crippen molar-refractivity contribution in [3.63, 3.8) is 0 Å². The summed E-state index contributed by atoms with van der Waals surface area (Å²) in [5.74, 6) is 6.49. The highest BCUT2D eigenvalue weighted by molar-refractivity contribution is 7.89. The number of carbonyl (C=O) groups is 1. The standard InChI is InChI=1S/C26H31N3O5S/c1-18-15-29(19(2)17-30)35(32,33)25-9-8-21(7-6-20-4-5-20)14-23(25)34-24(18)16-28(3)26(31)22-10-12-27-13-11-22/h8-14,18-20,24,30H,4-5,15-17H2,1-3H3/t18-,19-,24-/m0/s1. The minimum Gasteiger partial charge on any atom is -0.487 e. The first-order valence-corrected chi connectivity index (χ1v) is 13.2. The van der Waals surface area contributed by atoms with Crippen LogP contribution in [0.5, 0.6) is 5.75 Å². The Morgan fingerprint density at radius 2 is 2.00 bits per heavy atom. The molecule has 2 aromatic rings. The second kappa shape index (κ2) is 10.4. The normalized spacial score (nSPS) is 22.4. The predicted octanol–water partition coefficient (Wildman–Crippen LogP) is 2.38. The fourth-order valence-corrected chi connectivity index (χ4v) is 5.83. The van der Waals surface area contributed by atoms with Crippen LogP contribution in [0.1, 0.15) is 42.6 Å². The molecule has 1 N–H and O–H groups in total. The number of sulfonamides is 1. The monoisotopic (exact) mass is 497 g/mol. The van der Waals surface area contributed by atoms with Crippen molar-refractivity contribution in [2.24, 2.45) is 11.8 Å². The van der Waals surface area contributed by atoms with E-state index >= 15 is 0 Å². The van der Waals surface area contributed by atoms with E-state index in [2.05, 4.69) is 16.8 Å². The number of nitrogens with zero attached hydrogens (tertiary/aromatic N) is 3. The lowest BCUT2D eigenvalue weighted by atomic mass is 10.0. The summed E-state index contributed by atoms with van der Waals surface area (Å²) in [5, 5.41) is 9.78. The number of aliphatic hydroxyl groups excluding tert-OH is 1. The summed E-state index contributed by atoms with van der Waals surface area (Å²) in [6.07, 6.45) is 4.83. The number of pyridine rings is 1. The van der Waals surface area contributed by atoms with Gasteiger partial charge in [0.25, 0.3) is 5.91 Å². The Kier molecular flexibility index (Phi) is 7.45. The first-order chi connectivity index (χ1) is 16.7. The maximum absolute atomic E-state index is 13.6. The molecule has 2 heterocycles. The number of hydrogen-bond donors (Lipinski definition) is 1. The number of aromatic nitrogens is 1. The minimum atomic E-state index is -3.92. The van der Waals surface area contributed by atoms with Gasteiger partial charge in [-0.2, -0.15) is 4.31 Å². The van der Waals surface area contributed by atoms with Gasteiger partial charge in [0.15, 0.2) is 0 Å². The molecule has 4 rings (SSSR count). The molecule has 35 heavy (non-hydrogen) atoms. The smallest absolute Gasteiger partial charge is 0.253 e. The summed E-state index contributed by atoms with van der Waals surface area (Å²) >= 11 is 0. The Morgan fingerprint density at radius 3 is 2.66 bits per heavy atom. The Bertz CT molecular complexity index is 1230. The summed E-state index contributed by atoms with van der Waals surface area (Å²) < 4.78 is 34.8. The number of fused-ring (bicyclic) bond motifs is 1. The molecular formula is C26H31N3O5S. The first kappa shape index (κ1) is 25.2. The summed E-state index contributed by atoms with van der Waals surface area (Å²) in [6, 6.07) is 7.57. The average Bonchev–Trinajstić information content (AvgIpc) is 3.69. The van der Waals surface area contributed by atoms with Crippen LogP contribution in [0.25, 0.3) is 0 Å². The lowest BCUT2D eigenvalue weighted by Gasteiger charge is -2.37. The fourth-order valence-electron chi connectivity index (χ4n) is 4.00. The zero-order valence-corrected chi connectivity index (χ0v) is 21.0. The molecule has 0 radical (unpaired) electrons. The molecule has 1 amide bonds. The van der Waals surface area contributed by atoms with Gasteiger partial charge in [-0.1, -0.05) is 18.8 Å². The van der Waals surface area contributed by atoms with Crippen LogP contribution in [0, 0.1) is 23.7 Å². The van der Waals surface area contributed by atoms with E-state index in [0.717, 1.165) is 12.8 Å². The highest BCUT2D eigenvalue weighted by atomic mass is 32.2. The zero-order valence-electron chi connectivity index (χ0n) is 20.2. The molecule has 3 atom stereocenters. The Balaban J connectivity index is 1.69. The molecule has 1 aliphatic carbocycles. The number of aliphatic hydroxyl groups is 1. The fraction of sp³-hybridized carbons (Fsp3) is 0.462. The van der Waals surface area contributed by atoms with Gasteiger partial charge in [0, 0.05) is 55.0 Å². The molecule has 9 heteroatoms. The van der Waals surface area contributed by atoms with Crippen LogP contribution in [-0.2, 0) is 10.0 Å². The van der Waals surface area contributed by atoms with Gasteiger partial charge in [0.2, 0.25) is 10.0 Å². The molecule has 8 nitrogen and oxygen atoms in total. The number of ether oxygens (including phenoxy) is 1. The van der Waals surface area contributed by atoms with Crippen LogP contribution in [0.2, 0.25) is 0 Å². The van der Waals surface area contributed by atoms with Crippen LogP contribution in [0.15, 0.2) is 47.6 Å². The maximum atomic E-state index is 13.6. The van der Waals surface area contributed by atoms with E-state index in [0.29, 0.717) is 17.0 Å². The molecule has 1 saturated carbocycles. The van der Waals surface area contributed by atoms with E-state index in [4.69, 9.17) is 4.74 Å². The maximum Gasteiger partial charge on any atom is 0.253 e. The number of likely N-dealkylation sites (N-methyl/N-ethyl adjacent to an activating group) is 1. The van der Waals surface area contributed by atoms with Crippen molar-refractivity contribution in [2.45, 2.75) is 43.7 Å². The number of hydrogen-bond acceptors (Lipinski definition) is 6. The average molecular weight is 498 g/mol. The van der Waals surface area contributed by atoms with Gasteiger partial charge in [0.05, 0.1) is 13.2 Å². The summed E-state index contributed by atoms with van der Waals surface area (Å²) in [5.41, 5.74) is 1.19. The molecule has 0 spiro atoms. The topological polar surface area (TPSA) is 100 Å². The molecule has 0 unspecified atom stereocenters. The Morgan fingerprint density at radius 1 is 1.29 bits per heavy atom. The van der Waals surface area contributed by atoms with Crippen LogP contribution in [0.3, 0.4) is 0 Å². The molecule has 1 aromatic carbocycles. The van der Waals surface area contributed by atoms with Crippen molar-refractivity contribution in [2.75, 3.05) is 26.7 Å². The number of amides is 1. The van der Waals surface area contributed by atoms with Crippen molar-refractivity contribution in [3.05, 3.63) is 53.9 Å². The van der Waals surface area contributed by atoms with Crippen molar-refractivity contribution in [1.29, 1.82) is 0 Å². The van der Waals surface area contributed by atoms with E-state index in [1.54, 1.807) is 55.5 Å². The van der Waals surface area contributed by atoms with Crippen LogP contribution in [0.4, 0.5) is 0 Å². The second-order valence-electron chi connectivity index (χ2n) is 9.37. The lowest BCUT2D eigenvalue weighted by Crippen LogP contribution is -2.50. The largest absolute Gasteiger partial charge is 0.487 e. The molecule has 1 fully saturated rings. The number of benzene rings is 1. The number of carbonyl (C=O) groups excluding carboxylic acids is 1. The van der Waals surface area contributed by atoms with Crippen molar-refractivity contribution in [3.8, 4) is 17.6 Å². The van der Waals surface area contributed by atoms with Gasteiger partial charge in [-0.3, -0.25) is 9.78 Å². The molecule has 0 saturated heterocycles. The van der Waals surface area contributed by atoms with Gasteiger partial charge in [-0.05, 0) is 50.1 Å². The third-order valence-electron chi connectivity index (χ3n) is 6.39. The van der Waals surface area contributed by atoms with Crippen molar-refractivity contribution in [1.82, 2.24) is 14.2 Å². The second-order valence-corrected chi connectivity index (χ2v) is 11.2. The molecule has 1 aromatic heterocycles. The Labute approximate surface area is 207 Å². The van der Waals surface area contributed by atoms with Gasteiger partial charge >= 0.3 is 0 Å². The third-order valence-corrected chi connectivity index (χ3v) is 8.41. The van der Waals surface area contributed by atoms with Crippen molar-refractivity contribution >= 4 is 15.9 Å². The van der Waals surface area contributed by atoms with Crippen molar-refractivity contribution < 1.29 is 23.1 Å². The summed E-state index contributed by atoms with van der Waals surface area (Å²) in [6.45, 7) is 3.66. The summed E-state index contributed by atoms with van der Waals surface area (Å²) in [7, 11) is -2.23. The predicted molar refractivity (Wildman–Crippen MR) is 131 cm³/mol. The van der Waals surface area contributed by atoms with E-state index in [-0.39, 0.29) is 42.2 Å². The Hall–Kier alpha value is -2.93. The van der Waals surface area contributed by atoms with Gasteiger partial charge in [-0.15, -0.1) is 0 Å². The van der Waals surface area contributed by atoms with Crippen LogP contribution in [-0.4, -0.2) is 72.5 Å². The molecule has 2 aliphatic rings. The minimum absolute atomic E-state index is 0.0368. The summed E-state index contributed by atoms with van der Waals surface area (Å²) in [4.78, 5) is 18.5. The van der Waals surface area contributed by atoms with Gasteiger partial charge in [-0.25, -0.2) is 8.42 Å². The SMILES string of the molecule is C[C@H]1CN([C@@H](C)CO)S(=O)(=O)c2ccc(C#CC3CC3)cc2O[C@H]1CN(C)C(=O)c1ccncc1. The van der Waals surface area contributed by atoms with Gasteiger partial charge in [0.1, 0.15) is 16.7 Å². The van der Waals surface area contributed by atoms with E-state index in [1.165, 1.54) is 10.4 Å². The van der Waals surface area contributed by atoms with Gasteiger partial charge < -0.3 is 14.7 Å². The lowest BCUT2D eigenvalue weighted by molar-refractivity contribution is 0.0563. The molecule has 0 bridgehead atoms. The van der Waals surface area contributed by atoms with E-state index < -0.39 is 22.2 Å². The van der Waals surface area contributed by atoms with E-state index in [9.17, 15) is 18.3 Å². The molecule has 186 valence electrons. The third kappa shape index (κ3) is 5.67. The highest BCUT2D eigenvalue weighted by Gasteiger charge is 2.38. The zero-order chi connectivity index (χ0) is 25.2. The quantitative estimate of drug-likeness (QED) is 0.637.